The summed E-state index contributed by atoms with van der Waals surface area (Å²) in [7, 11) is 0. The molecule has 2 unspecified atom stereocenters. The van der Waals surface area contributed by atoms with Crippen LogP contribution in [0.1, 0.15) is 72.1 Å². The minimum absolute atomic E-state index is 0.0406. The number of aromatic nitrogens is 2. The van der Waals surface area contributed by atoms with Crippen LogP contribution in [0.2, 0.25) is 0 Å². The van der Waals surface area contributed by atoms with Gasteiger partial charge in [0.2, 0.25) is 0 Å². The number of benzene rings is 7. The molecule has 316 valence electrons. The maximum absolute atomic E-state index is 2.51. The van der Waals surface area contributed by atoms with Gasteiger partial charge in [-0.15, -0.1) is 11.3 Å². The zero-order valence-electron chi connectivity index (χ0n) is 38.2. The zero-order valence-corrected chi connectivity index (χ0v) is 39.8. The summed E-state index contributed by atoms with van der Waals surface area (Å²) in [6.45, 7) is 20.8. The van der Waals surface area contributed by atoms with E-state index < -0.39 is 0 Å². The highest BCUT2D eigenvalue weighted by atomic mass is 32.2. The van der Waals surface area contributed by atoms with E-state index in [4.69, 9.17) is 0 Å². The van der Waals surface area contributed by atoms with Crippen molar-refractivity contribution >= 4 is 105 Å². The molecule has 0 bridgehead atoms. The molecular weight excluding hydrogens is 815 g/mol. The van der Waals surface area contributed by atoms with E-state index in [2.05, 4.69) is 222 Å². The summed E-state index contributed by atoms with van der Waals surface area (Å²) >= 11 is 3.77. The average Bonchev–Trinajstić information content (AvgIpc) is 3.91. The van der Waals surface area contributed by atoms with E-state index in [0.29, 0.717) is 11.8 Å². The molecule has 2 atom stereocenters. The van der Waals surface area contributed by atoms with Gasteiger partial charge in [-0.1, -0.05) is 121 Å². The molecule has 4 heterocycles. The molecule has 7 aromatic carbocycles. The van der Waals surface area contributed by atoms with Crippen LogP contribution in [-0.2, 0) is 10.8 Å². The third kappa shape index (κ3) is 6.07. The second-order valence-electron chi connectivity index (χ2n) is 20.5. The van der Waals surface area contributed by atoms with E-state index in [1.807, 2.05) is 23.1 Å². The molecule has 0 saturated carbocycles. The first-order chi connectivity index (χ1) is 30.7. The molecule has 2 aliphatic rings. The van der Waals surface area contributed by atoms with Crippen molar-refractivity contribution in [2.45, 2.75) is 82.9 Å². The van der Waals surface area contributed by atoms with Crippen LogP contribution < -0.4 is 15.5 Å². The van der Waals surface area contributed by atoms with Gasteiger partial charge >= 0.3 is 0 Å². The van der Waals surface area contributed by atoms with Gasteiger partial charge in [0.05, 0.1) is 33.3 Å². The minimum Gasteiger partial charge on any atom is -0.310 e. The van der Waals surface area contributed by atoms with Gasteiger partial charge in [-0.3, -0.25) is 0 Å². The summed E-state index contributed by atoms with van der Waals surface area (Å²) < 4.78 is 7.65. The Morgan fingerprint density at radius 3 is 1.69 bits per heavy atom. The van der Waals surface area contributed by atoms with Crippen LogP contribution in [-0.4, -0.2) is 9.13 Å². The first kappa shape index (κ1) is 39.6. The first-order valence-corrected chi connectivity index (χ1v) is 24.4. The second kappa shape index (κ2) is 14.0. The molecule has 1 aliphatic carbocycles. The van der Waals surface area contributed by atoms with Crippen LogP contribution in [0.25, 0.3) is 76.4 Å². The Morgan fingerprint density at radius 1 is 0.469 bits per heavy atom. The summed E-state index contributed by atoms with van der Waals surface area (Å²) in [4.78, 5) is 4.99. The Labute approximate surface area is 384 Å². The number of aryl methyl sites for hydroxylation is 1. The molecule has 1 aliphatic heterocycles. The third-order valence-electron chi connectivity index (χ3n) is 14.1. The van der Waals surface area contributed by atoms with E-state index in [9.17, 15) is 0 Å². The van der Waals surface area contributed by atoms with Crippen molar-refractivity contribution in [2.75, 3.05) is 4.90 Å². The Hall–Kier alpha value is -6.01. The second-order valence-corrected chi connectivity index (χ2v) is 22.7. The van der Waals surface area contributed by atoms with E-state index in [-0.39, 0.29) is 10.8 Å². The lowest BCUT2D eigenvalue weighted by Crippen LogP contribution is -2.34. The molecule has 5 heteroatoms. The molecule has 3 aromatic heterocycles. The van der Waals surface area contributed by atoms with Crippen molar-refractivity contribution in [3.8, 4) is 11.4 Å². The van der Waals surface area contributed by atoms with Crippen LogP contribution in [0.15, 0.2) is 143 Å². The maximum atomic E-state index is 2.51. The molecule has 0 saturated heterocycles. The number of nitrogens with zero attached hydrogens (tertiary/aromatic N) is 3. The van der Waals surface area contributed by atoms with Gasteiger partial charge in [0.1, 0.15) is 0 Å². The molecule has 0 amide bonds. The van der Waals surface area contributed by atoms with Crippen LogP contribution in [0, 0.1) is 18.8 Å². The number of hydrogen-bond acceptors (Lipinski definition) is 3. The molecule has 0 fully saturated rings. The SMILES string of the molecule is Cc1ccc2c(c1)c1c(n2-c2ccc3c(c2)Sc2cc(-n4c5ccc(C(C)(C)C)cc5c5cc(C(C)(C)C)ccc54)ccc2N3c2ccc3sc4ccccc4c3c2)=CC(C)C(C)C=1. The lowest BCUT2D eigenvalue weighted by atomic mass is 9.85. The van der Waals surface area contributed by atoms with Gasteiger partial charge in [-0.05, 0) is 138 Å². The van der Waals surface area contributed by atoms with E-state index in [1.165, 1.54) is 118 Å². The maximum Gasteiger partial charge on any atom is 0.0603 e. The summed E-state index contributed by atoms with van der Waals surface area (Å²) in [5.74, 6) is 0.937. The first-order valence-electron chi connectivity index (χ1n) is 22.8. The van der Waals surface area contributed by atoms with Crippen molar-refractivity contribution in [2.24, 2.45) is 11.8 Å². The van der Waals surface area contributed by atoms with Crippen molar-refractivity contribution in [3.63, 3.8) is 0 Å². The van der Waals surface area contributed by atoms with E-state index >= 15 is 0 Å². The van der Waals surface area contributed by atoms with Crippen LogP contribution in [0.3, 0.4) is 0 Å². The van der Waals surface area contributed by atoms with Crippen molar-refractivity contribution in [1.82, 2.24) is 9.13 Å². The summed E-state index contributed by atoms with van der Waals surface area (Å²) in [6.07, 6.45) is 4.99. The van der Waals surface area contributed by atoms with Crippen LogP contribution in [0.5, 0.6) is 0 Å². The summed E-state index contributed by atoms with van der Waals surface area (Å²) in [5.41, 5.74) is 13.7. The lowest BCUT2D eigenvalue weighted by molar-refractivity contribution is 0.590. The largest absolute Gasteiger partial charge is 0.310 e. The fourth-order valence-electron chi connectivity index (χ4n) is 10.3. The predicted octanol–water partition coefficient (Wildman–Crippen LogP) is 15.8. The summed E-state index contributed by atoms with van der Waals surface area (Å²) in [6, 6.07) is 51.4. The molecule has 0 spiro atoms. The van der Waals surface area contributed by atoms with Gasteiger partial charge in [-0.25, -0.2) is 0 Å². The molecular formula is C59H53N3S2. The lowest BCUT2D eigenvalue weighted by Gasteiger charge is -2.34. The normalized spacial score (nSPS) is 16.4. The van der Waals surface area contributed by atoms with Crippen molar-refractivity contribution < 1.29 is 0 Å². The Balaban J connectivity index is 1.09. The topological polar surface area (TPSA) is 13.1 Å². The Kier molecular flexibility index (Phi) is 8.65. The van der Waals surface area contributed by atoms with E-state index in [0.717, 1.165) is 0 Å². The monoisotopic (exact) mass is 867 g/mol. The minimum atomic E-state index is 0.0406. The van der Waals surface area contributed by atoms with Gasteiger partial charge in [-0.2, -0.15) is 0 Å². The fourth-order valence-corrected chi connectivity index (χ4v) is 12.5. The van der Waals surface area contributed by atoms with Gasteiger partial charge < -0.3 is 14.0 Å². The number of thiophene rings is 1. The molecule has 12 rings (SSSR count). The number of anilines is 3. The van der Waals surface area contributed by atoms with E-state index in [1.54, 1.807) is 0 Å². The smallest absolute Gasteiger partial charge is 0.0603 e. The highest BCUT2D eigenvalue weighted by Crippen LogP contribution is 2.53. The van der Waals surface area contributed by atoms with Crippen LogP contribution in [0.4, 0.5) is 17.1 Å². The van der Waals surface area contributed by atoms with Gasteiger partial charge in [0.15, 0.2) is 0 Å². The molecule has 64 heavy (non-hydrogen) atoms. The molecule has 3 nitrogen and oxygen atoms in total. The number of fused-ring (bicyclic) bond motifs is 11. The quantitative estimate of drug-likeness (QED) is 0.175. The van der Waals surface area contributed by atoms with Crippen molar-refractivity contribution in [1.29, 1.82) is 0 Å². The third-order valence-corrected chi connectivity index (χ3v) is 16.3. The Morgan fingerprint density at radius 2 is 1.03 bits per heavy atom. The number of rotatable bonds is 3. The molecule has 0 N–H and O–H groups in total. The highest BCUT2D eigenvalue weighted by molar-refractivity contribution is 7.99. The Bertz CT molecular complexity index is 3660. The van der Waals surface area contributed by atoms with Crippen LogP contribution >= 0.6 is 23.1 Å². The zero-order chi connectivity index (χ0) is 44.0. The van der Waals surface area contributed by atoms with Gasteiger partial charge in [0, 0.05) is 68.4 Å². The standard InChI is InChI=1S/C59H53N3S2/c1-34-14-20-48-43(26-34)44-27-35(2)36(3)28-53(44)61(48)41-18-24-52-57(33-41)64-56-32-40(17-23-51(56)62(52)39-19-25-55-47(31-39)42-12-10-11-13-54(42)63-55)60-49-21-15-37(58(4,5)6)29-45(49)46-30-38(59(7,8)9)16-22-50(46)60/h10-33,35-36H,1-9H3. The highest BCUT2D eigenvalue weighted by Gasteiger charge is 2.29. The molecule has 0 radical (unpaired) electrons. The summed E-state index contributed by atoms with van der Waals surface area (Å²) in [5, 5.41) is 9.23. The average molecular weight is 868 g/mol. The predicted molar refractivity (Wildman–Crippen MR) is 278 cm³/mol. The van der Waals surface area contributed by atoms with Crippen molar-refractivity contribution in [3.05, 3.63) is 161 Å². The fraction of sp³-hybridized carbons (Fsp3) is 0.220. The molecule has 10 aromatic rings. The number of hydrogen-bond donors (Lipinski definition) is 0. The van der Waals surface area contributed by atoms with Gasteiger partial charge in [0.25, 0.3) is 0 Å².